The Hall–Kier alpha value is -2.66. The summed E-state index contributed by atoms with van der Waals surface area (Å²) in [6.07, 6.45) is 3.11. The molecular formula is C23H32N6O3Si. The minimum Gasteiger partial charge on any atom is -0.411 e. The molecule has 4 rings (SSSR count). The molecule has 0 radical (unpaired) electrons. The highest BCUT2D eigenvalue weighted by Crippen LogP contribution is 2.41. The molecule has 1 aromatic carbocycles. The van der Waals surface area contributed by atoms with Crippen LogP contribution in [0.4, 0.5) is 5.82 Å². The van der Waals surface area contributed by atoms with E-state index in [-0.39, 0.29) is 29.4 Å². The number of hydrogen-bond acceptors (Lipinski definition) is 7. The van der Waals surface area contributed by atoms with Crippen molar-refractivity contribution in [2.45, 2.75) is 63.8 Å². The SMILES string of the molecule is CC(C)(C)[Si](C)(C)O[C@H]1C[C@H](n2cnc3c(NC(=O)c4ccccc4)ncnc32)O[C@@H]1CN. The van der Waals surface area contributed by atoms with E-state index in [9.17, 15) is 4.79 Å². The molecule has 10 heteroatoms. The largest absolute Gasteiger partial charge is 0.411 e. The lowest BCUT2D eigenvalue weighted by Crippen LogP contribution is -2.47. The van der Waals surface area contributed by atoms with Crippen LogP contribution < -0.4 is 11.1 Å². The lowest BCUT2D eigenvalue weighted by molar-refractivity contribution is -0.00945. The third kappa shape index (κ3) is 4.69. The fourth-order valence-electron chi connectivity index (χ4n) is 3.68. The molecule has 9 nitrogen and oxygen atoms in total. The predicted molar refractivity (Wildman–Crippen MR) is 129 cm³/mol. The Balaban J connectivity index is 1.57. The first kappa shape index (κ1) is 23.5. The van der Waals surface area contributed by atoms with E-state index in [1.54, 1.807) is 18.5 Å². The molecule has 0 saturated carbocycles. The lowest BCUT2D eigenvalue weighted by Gasteiger charge is -2.39. The topological polar surface area (TPSA) is 117 Å². The summed E-state index contributed by atoms with van der Waals surface area (Å²) < 4.78 is 14.8. The van der Waals surface area contributed by atoms with E-state index in [0.29, 0.717) is 35.5 Å². The van der Waals surface area contributed by atoms with Gasteiger partial charge in [-0.3, -0.25) is 9.36 Å². The van der Waals surface area contributed by atoms with Crippen molar-refractivity contribution >= 4 is 31.2 Å². The number of fused-ring (bicyclic) bond motifs is 1. The van der Waals surface area contributed by atoms with Gasteiger partial charge in [0.2, 0.25) is 0 Å². The number of anilines is 1. The van der Waals surface area contributed by atoms with Gasteiger partial charge in [0, 0.05) is 18.5 Å². The third-order valence-electron chi connectivity index (χ3n) is 6.60. The zero-order valence-electron chi connectivity index (χ0n) is 19.8. The molecule has 1 fully saturated rings. The number of carbonyl (C=O) groups excluding carboxylic acids is 1. The number of hydrogen-bond donors (Lipinski definition) is 2. The summed E-state index contributed by atoms with van der Waals surface area (Å²) >= 11 is 0. The van der Waals surface area contributed by atoms with E-state index in [0.717, 1.165) is 0 Å². The highest BCUT2D eigenvalue weighted by molar-refractivity contribution is 6.74. The van der Waals surface area contributed by atoms with Crippen LogP contribution in [0.5, 0.6) is 0 Å². The molecule has 1 saturated heterocycles. The first-order chi connectivity index (χ1) is 15.6. The molecule has 0 aliphatic carbocycles. The zero-order chi connectivity index (χ0) is 23.8. The molecule has 33 heavy (non-hydrogen) atoms. The Kier molecular flexibility index (Phi) is 6.36. The van der Waals surface area contributed by atoms with Crippen LogP contribution in [0, 0.1) is 0 Å². The molecule has 1 aliphatic rings. The lowest BCUT2D eigenvalue weighted by atomic mass is 10.2. The van der Waals surface area contributed by atoms with Crippen LogP contribution in [-0.4, -0.2) is 52.5 Å². The predicted octanol–water partition coefficient (Wildman–Crippen LogP) is 3.72. The van der Waals surface area contributed by atoms with Gasteiger partial charge in [0.05, 0.1) is 18.5 Å². The second-order valence-corrected chi connectivity index (χ2v) is 14.6. The van der Waals surface area contributed by atoms with Crippen molar-refractivity contribution in [2.24, 2.45) is 5.73 Å². The maximum Gasteiger partial charge on any atom is 0.256 e. The van der Waals surface area contributed by atoms with E-state index in [1.807, 2.05) is 22.8 Å². The van der Waals surface area contributed by atoms with E-state index in [1.165, 1.54) is 6.33 Å². The van der Waals surface area contributed by atoms with Crippen molar-refractivity contribution in [2.75, 3.05) is 11.9 Å². The van der Waals surface area contributed by atoms with Crippen LogP contribution in [0.25, 0.3) is 11.2 Å². The molecule has 3 aromatic rings. The van der Waals surface area contributed by atoms with Crippen molar-refractivity contribution < 1.29 is 14.0 Å². The van der Waals surface area contributed by atoms with Crippen LogP contribution in [0.3, 0.4) is 0 Å². The number of carbonyl (C=O) groups is 1. The second-order valence-electron chi connectivity index (χ2n) is 9.88. The van der Waals surface area contributed by atoms with Crippen molar-refractivity contribution in [1.29, 1.82) is 0 Å². The Labute approximate surface area is 194 Å². The summed E-state index contributed by atoms with van der Waals surface area (Å²) in [5.74, 6) is 0.100. The third-order valence-corrected chi connectivity index (χ3v) is 11.1. The number of amides is 1. The Morgan fingerprint density at radius 3 is 2.64 bits per heavy atom. The van der Waals surface area contributed by atoms with Gasteiger partial charge in [0.25, 0.3) is 5.91 Å². The van der Waals surface area contributed by atoms with Crippen LogP contribution in [0.2, 0.25) is 18.1 Å². The highest BCUT2D eigenvalue weighted by atomic mass is 28.4. The van der Waals surface area contributed by atoms with Gasteiger partial charge in [-0.1, -0.05) is 39.0 Å². The van der Waals surface area contributed by atoms with Crippen LogP contribution in [0.1, 0.15) is 43.8 Å². The zero-order valence-corrected chi connectivity index (χ0v) is 20.8. The summed E-state index contributed by atoms with van der Waals surface area (Å²) in [5.41, 5.74) is 7.66. The molecule has 0 unspecified atom stereocenters. The normalized spacial score (nSPS) is 21.5. The number of aromatic nitrogens is 4. The maximum absolute atomic E-state index is 12.6. The number of nitrogens with two attached hydrogens (primary N) is 1. The van der Waals surface area contributed by atoms with Gasteiger partial charge in [-0.25, -0.2) is 15.0 Å². The molecule has 3 N–H and O–H groups in total. The van der Waals surface area contributed by atoms with Crippen molar-refractivity contribution in [3.63, 3.8) is 0 Å². The van der Waals surface area contributed by atoms with Crippen molar-refractivity contribution in [1.82, 2.24) is 19.5 Å². The number of rotatable bonds is 6. The quantitative estimate of drug-likeness (QED) is 0.530. The summed E-state index contributed by atoms with van der Waals surface area (Å²) in [5, 5.41) is 2.92. The van der Waals surface area contributed by atoms with Gasteiger partial charge in [0.1, 0.15) is 12.6 Å². The Bertz CT molecular complexity index is 1130. The highest BCUT2D eigenvalue weighted by Gasteiger charge is 2.45. The second kappa shape index (κ2) is 8.94. The molecule has 0 bridgehead atoms. The minimum atomic E-state index is -1.99. The number of ether oxygens (including phenoxy) is 1. The number of imidazole rings is 1. The number of nitrogens with one attached hydrogen (secondary N) is 1. The molecule has 1 amide bonds. The first-order valence-corrected chi connectivity index (χ1v) is 14.1. The summed E-state index contributed by atoms with van der Waals surface area (Å²) in [6.45, 7) is 11.5. The average Bonchev–Trinajstić information content (AvgIpc) is 3.37. The van der Waals surface area contributed by atoms with E-state index < -0.39 is 8.32 Å². The van der Waals surface area contributed by atoms with Crippen LogP contribution in [0.15, 0.2) is 43.0 Å². The van der Waals surface area contributed by atoms with Gasteiger partial charge < -0.3 is 20.2 Å². The summed E-state index contributed by atoms with van der Waals surface area (Å²) in [6, 6.07) is 8.97. The van der Waals surface area contributed by atoms with Crippen molar-refractivity contribution in [3.05, 3.63) is 48.5 Å². The first-order valence-electron chi connectivity index (χ1n) is 11.2. The van der Waals surface area contributed by atoms with Crippen LogP contribution >= 0.6 is 0 Å². The Morgan fingerprint density at radius 2 is 1.97 bits per heavy atom. The number of benzene rings is 1. The van der Waals surface area contributed by atoms with E-state index >= 15 is 0 Å². The molecule has 176 valence electrons. The van der Waals surface area contributed by atoms with E-state index in [4.69, 9.17) is 14.9 Å². The minimum absolute atomic E-state index is 0.0883. The fourth-order valence-corrected chi connectivity index (χ4v) is 5.04. The standard InChI is InChI=1S/C23H32N6O3Si/c1-23(2,3)33(4,5)32-16-11-18(31-17(16)12-24)29-14-27-19-20(25-13-26-21(19)29)28-22(30)15-9-7-6-8-10-15/h6-10,13-14,16-18H,11-12,24H2,1-5H3,(H,25,26,28,30)/t16-,17+,18+/m0/s1. The van der Waals surface area contributed by atoms with Crippen LogP contribution in [-0.2, 0) is 9.16 Å². The van der Waals surface area contributed by atoms with Gasteiger partial charge in [-0.05, 0) is 30.3 Å². The molecule has 1 aliphatic heterocycles. The monoisotopic (exact) mass is 468 g/mol. The summed E-state index contributed by atoms with van der Waals surface area (Å²) in [4.78, 5) is 25.7. The van der Waals surface area contributed by atoms with Gasteiger partial charge in [0.15, 0.2) is 25.3 Å². The van der Waals surface area contributed by atoms with Gasteiger partial charge in [-0.2, -0.15) is 0 Å². The summed E-state index contributed by atoms with van der Waals surface area (Å²) in [7, 11) is -1.99. The van der Waals surface area contributed by atoms with E-state index in [2.05, 4.69) is 54.1 Å². The molecule has 0 spiro atoms. The Morgan fingerprint density at radius 1 is 1.24 bits per heavy atom. The number of nitrogens with zero attached hydrogens (tertiary/aromatic N) is 4. The molecular weight excluding hydrogens is 436 g/mol. The van der Waals surface area contributed by atoms with Gasteiger partial charge >= 0.3 is 0 Å². The smallest absolute Gasteiger partial charge is 0.256 e. The fraction of sp³-hybridized carbons (Fsp3) is 0.478. The molecule has 2 aromatic heterocycles. The average molecular weight is 469 g/mol. The van der Waals surface area contributed by atoms with Gasteiger partial charge in [-0.15, -0.1) is 0 Å². The van der Waals surface area contributed by atoms with Crippen molar-refractivity contribution in [3.8, 4) is 0 Å². The molecule has 3 heterocycles. The molecule has 3 atom stereocenters. The maximum atomic E-state index is 12.6.